The van der Waals surface area contributed by atoms with E-state index in [9.17, 15) is 0 Å². The highest BCUT2D eigenvalue weighted by Crippen LogP contribution is 2.53. The van der Waals surface area contributed by atoms with Crippen molar-refractivity contribution in [3.05, 3.63) is 165 Å². The van der Waals surface area contributed by atoms with E-state index in [1.54, 1.807) is 0 Å². The molecule has 0 aliphatic heterocycles. The summed E-state index contributed by atoms with van der Waals surface area (Å²) in [5, 5.41) is 8.46. The number of benzene rings is 8. The van der Waals surface area contributed by atoms with Gasteiger partial charge in [0, 0.05) is 33.5 Å². The molecule has 0 bridgehead atoms. The fourth-order valence-corrected chi connectivity index (χ4v) is 12.1. The second-order valence-corrected chi connectivity index (χ2v) is 19.8. The lowest BCUT2D eigenvalue weighted by atomic mass is 9.77. The third-order valence-electron chi connectivity index (χ3n) is 14.3. The predicted molar refractivity (Wildman–Crippen MR) is 269 cm³/mol. The summed E-state index contributed by atoms with van der Waals surface area (Å²) in [5.41, 5.74) is 20.9. The van der Waals surface area contributed by atoms with Crippen molar-refractivity contribution in [3.63, 3.8) is 0 Å². The molecule has 8 aromatic carbocycles. The van der Waals surface area contributed by atoms with Crippen molar-refractivity contribution in [1.29, 1.82) is 0 Å². The Kier molecular flexibility index (Phi) is 10.6. The van der Waals surface area contributed by atoms with Crippen LogP contribution in [0.3, 0.4) is 0 Å². The quantitative estimate of drug-likeness (QED) is 0.141. The number of nitrogens with zero attached hydrogens (tertiary/aromatic N) is 2. The summed E-state index contributed by atoms with van der Waals surface area (Å²) in [6, 6.07) is 43.8. The Hall–Kier alpha value is -5.60. The van der Waals surface area contributed by atoms with Gasteiger partial charge >= 0.3 is 0 Å². The van der Waals surface area contributed by atoms with E-state index < -0.39 is 0 Å². The third-order valence-corrected chi connectivity index (χ3v) is 14.3. The van der Waals surface area contributed by atoms with Crippen LogP contribution < -0.4 is 9.80 Å². The summed E-state index contributed by atoms with van der Waals surface area (Å²) in [4.78, 5) is 5.22. The molecule has 0 spiro atoms. The Morgan fingerprint density at radius 1 is 0.306 bits per heavy atom. The van der Waals surface area contributed by atoms with Gasteiger partial charge in [0.25, 0.3) is 0 Å². The van der Waals surface area contributed by atoms with Crippen molar-refractivity contribution in [2.24, 2.45) is 0 Å². The van der Waals surface area contributed by atoms with Crippen LogP contribution in [0, 0.1) is 55.4 Å². The zero-order valence-corrected chi connectivity index (χ0v) is 38.5. The standard InChI is InChI=1S/C60H64N2/c1-37-23-38(2)28-47(27-37)61(48-29-39(3)24-40(4)30-48)57-35-55(45-15-11-9-12-16-45)51-20-22-54-58(36-56(46-17-13-10-14-18-46)52-19-21-53(57)59(51)60(52)54)62(49-31-41(5)25-42(6)32-49)50-33-43(7)26-44(8)34-50/h19-36,45-46H,9-18H2,1-8H3. The molecule has 2 nitrogen and oxygen atoms in total. The average Bonchev–Trinajstić information content (AvgIpc) is 3.23. The van der Waals surface area contributed by atoms with Crippen LogP contribution in [0.4, 0.5) is 34.1 Å². The fraction of sp³-hybridized carbons (Fsp3) is 0.333. The highest BCUT2D eigenvalue weighted by Gasteiger charge is 2.29. The van der Waals surface area contributed by atoms with Crippen LogP contribution in [0.2, 0.25) is 0 Å². The molecule has 2 fully saturated rings. The van der Waals surface area contributed by atoms with Gasteiger partial charge in [0.1, 0.15) is 0 Å². The average molecular weight is 813 g/mol. The van der Waals surface area contributed by atoms with Crippen molar-refractivity contribution in [1.82, 2.24) is 0 Å². The lowest BCUT2D eigenvalue weighted by Crippen LogP contribution is -2.15. The maximum Gasteiger partial charge on any atom is 0.0543 e. The second kappa shape index (κ2) is 16.3. The van der Waals surface area contributed by atoms with Crippen molar-refractivity contribution in [2.75, 3.05) is 9.80 Å². The van der Waals surface area contributed by atoms with Gasteiger partial charge in [-0.1, -0.05) is 87.1 Å². The Morgan fingerprint density at radius 3 is 0.839 bits per heavy atom. The molecule has 10 rings (SSSR count). The maximum absolute atomic E-state index is 2.63. The van der Waals surface area contributed by atoms with E-state index in [0.29, 0.717) is 11.8 Å². The van der Waals surface area contributed by atoms with Crippen LogP contribution in [0.5, 0.6) is 0 Å². The SMILES string of the molecule is Cc1cc(C)cc(N(c2cc(C)cc(C)c2)c2cc(C3CCCCC3)c3ccc4c(N(c5cc(C)cc(C)c5)c5cc(C)cc(C)c5)cc(C5CCCCC5)c5ccc2c3c54)c1. The summed E-state index contributed by atoms with van der Waals surface area (Å²) in [6.45, 7) is 18.0. The maximum atomic E-state index is 2.63. The molecule has 0 saturated heterocycles. The van der Waals surface area contributed by atoms with E-state index in [4.69, 9.17) is 0 Å². The number of aryl methyl sites for hydroxylation is 8. The van der Waals surface area contributed by atoms with E-state index in [2.05, 4.69) is 174 Å². The minimum Gasteiger partial charge on any atom is -0.310 e. The van der Waals surface area contributed by atoms with Crippen molar-refractivity contribution >= 4 is 66.4 Å². The molecule has 8 aromatic rings. The zero-order valence-electron chi connectivity index (χ0n) is 38.5. The third kappa shape index (κ3) is 7.44. The van der Waals surface area contributed by atoms with E-state index in [1.807, 2.05) is 0 Å². The molecule has 2 aliphatic carbocycles. The first kappa shape index (κ1) is 40.5. The molecule has 62 heavy (non-hydrogen) atoms. The fourth-order valence-electron chi connectivity index (χ4n) is 12.1. The summed E-state index contributed by atoms with van der Waals surface area (Å²) < 4.78 is 0. The first-order valence-electron chi connectivity index (χ1n) is 23.7. The Labute approximate surface area is 370 Å². The first-order valence-corrected chi connectivity index (χ1v) is 23.7. The van der Waals surface area contributed by atoms with Crippen LogP contribution in [0.25, 0.3) is 32.3 Å². The number of hydrogen-bond acceptors (Lipinski definition) is 2. The molecule has 2 saturated carbocycles. The molecule has 2 aliphatic rings. The second-order valence-electron chi connectivity index (χ2n) is 19.8. The molecule has 0 radical (unpaired) electrons. The zero-order chi connectivity index (χ0) is 42.8. The van der Waals surface area contributed by atoms with Gasteiger partial charge in [0.05, 0.1) is 11.4 Å². The minimum absolute atomic E-state index is 0.534. The van der Waals surface area contributed by atoms with Gasteiger partial charge in [-0.05, 0) is 231 Å². The van der Waals surface area contributed by atoms with Gasteiger partial charge in [-0.25, -0.2) is 0 Å². The Bertz CT molecular complexity index is 2590. The molecule has 0 N–H and O–H groups in total. The monoisotopic (exact) mass is 813 g/mol. The molecule has 0 amide bonds. The van der Waals surface area contributed by atoms with E-state index >= 15 is 0 Å². The minimum atomic E-state index is 0.534. The summed E-state index contributed by atoms with van der Waals surface area (Å²) >= 11 is 0. The van der Waals surface area contributed by atoms with Gasteiger partial charge in [-0.3, -0.25) is 0 Å². The molecule has 0 unspecified atom stereocenters. The van der Waals surface area contributed by atoms with E-state index in [0.717, 1.165) is 0 Å². The lowest BCUT2D eigenvalue weighted by molar-refractivity contribution is 0.445. The largest absolute Gasteiger partial charge is 0.310 e. The van der Waals surface area contributed by atoms with E-state index in [-0.39, 0.29) is 0 Å². The number of anilines is 6. The smallest absolute Gasteiger partial charge is 0.0543 e. The Balaban J connectivity index is 1.36. The van der Waals surface area contributed by atoms with Gasteiger partial charge in [0.15, 0.2) is 0 Å². The van der Waals surface area contributed by atoms with Crippen molar-refractivity contribution in [3.8, 4) is 0 Å². The molecule has 314 valence electrons. The van der Waals surface area contributed by atoms with E-state index in [1.165, 1.54) is 186 Å². The number of rotatable bonds is 8. The molecule has 0 atom stereocenters. The highest BCUT2D eigenvalue weighted by atomic mass is 15.2. The summed E-state index contributed by atoms with van der Waals surface area (Å²) in [6.07, 6.45) is 12.9. The predicted octanol–water partition coefficient (Wildman–Crippen LogP) is 18.1. The van der Waals surface area contributed by atoms with Gasteiger partial charge < -0.3 is 9.80 Å². The summed E-state index contributed by atoms with van der Waals surface area (Å²) in [7, 11) is 0. The highest BCUT2D eigenvalue weighted by molar-refractivity contribution is 6.29. The number of hydrogen-bond donors (Lipinski definition) is 0. The van der Waals surface area contributed by atoms with Crippen LogP contribution in [0.15, 0.2) is 109 Å². The van der Waals surface area contributed by atoms with Gasteiger partial charge in [0.2, 0.25) is 0 Å². The van der Waals surface area contributed by atoms with Crippen molar-refractivity contribution in [2.45, 2.75) is 131 Å². The van der Waals surface area contributed by atoms with Crippen LogP contribution >= 0.6 is 0 Å². The van der Waals surface area contributed by atoms with Gasteiger partial charge in [-0.15, -0.1) is 0 Å². The summed E-state index contributed by atoms with van der Waals surface area (Å²) in [5.74, 6) is 1.07. The van der Waals surface area contributed by atoms with Crippen LogP contribution in [0.1, 0.15) is 132 Å². The van der Waals surface area contributed by atoms with Crippen LogP contribution in [-0.4, -0.2) is 0 Å². The molecular weight excluding hydrogens is 749 g/mol. The van der Waals surface area contributed by atoms with Gasteiger partial charge in [-0.2, -0.15) is 0 Å². The Morgan fingerprint density at radius 2 is 0.565 bits per heavy atom. The lowest BCUT2D eigenvalue weighted by Gasteiger charge is -2.34. The topological polar surface area (TPSA) is 6.48 Å². The molecule has 0 heterocycles. The first-order chi connectivity index (χ1) is 30.0. The molecule has 2 heteroatoms. The van der Waals surface area contributed by atoms with Crippen LogP contribution in [-0.2, 0) is 0 Å². The van der Waals surface area contributed by atoms with Crippen molar-refractivity contribution < 1.29 is 0 Å². The molecular formula is C60H64N2. The normalized spacial score (nSPS) is 15.3. The molecule has 0 aromatic heterocycles.